The Bertz CT molecular complexity index is 511. The van der Waals surface area contributed by atoms with Crippen molar-refractivity contribution in [2.24, 2.45) is 0 Å². The van der Waals surface area contributed by atoms with E-state index in [1.165, 1.54) is 30.3 Å². The molecular weight excluding hydrogens is 226 g/mol. The molecule has 1 fully saturated rings. The van der Waals surface area contributed by atoms with Gasteiger partial charge in [-0.2, -0.15) is 0 Å². The topological polar surface area (TPSA) is 86.5 Å². The molecule has 0 amide bonds. The number of rotatable bonds is 2. The third-order valence-corrected chi connectivity index (χ3v) is 2.27. The zero-order valence-electron chi connectivity index (χ0n) is 8.58. The second kappa shape index (κ2) is 4.17. The van der Waals surface area contributed by atoms with Gasteiger partial charge in [-0.15, -0.1) is 0 Å². The molecule has 1 heterocycles. The summed E-state index contributed by atoms with van der Waals surface area (Å²) in [6, 6.07) is 5.53. The highest BCUT2D eigenvalue weighted by atomic mass is 16.6. The molecule has 0 bridgehead atoms. The number of benzene rings is 1. The van der Waals surface area contributed by atoms with Gasteiger partial charge < -0.3 is 4.74 Å². The SMILES string of the molecule is O=C1COC(=O)/C1=C\c1ccc([N+](=O)[O-])cc1. The molecule has 6 heteroatoms. The van der Waals surface area contributed by atoms with Crippen LogP contribution < -0.4 is 0 Å². The van der Waals surface area contributed by atoms with Gasteiger partial charge in [0.15, 0.2) is 6.61 Å². The summed E-state index contributed by atoms with van der Waals surface area (Å²) in [6.07, 6.45) is 1.36. The van der Waals surface area contributed by atoms with Gasteiger partial charge in [-0.1, -0.05) is 0 Å². The number of nitro groups is 1. The van der Waals surface area contributed by atoms with Crippen LogP contribution in [0.2, 0.25) is 0 Å². The number of ketones is 1. The van der Waals surface area contributed by atoms with Gasteiger partial charge in [0.1, 0.15) is 5.57 Å². The summed E-state index contributed by atoms with van der Waals surface area (Å²) in [6.45, 7) is -0.238. The normalized spacial score (nSPS) is 17.3. The van der Waals surface area contributed by atoms with E-state index in [0.717, 1.165) is 0 Å². The van der Waals surface area contributed by atoms with Crippen molar-refractivity contribution in [3.63, 3.8) is 0 Å². The lowest BCUT2D eigenvalue weighted by Crippen LogP contribution is -2.00. The lowest BCUT2D eigenvalue weighted by atomic mass is 10.1. The number of carbonyl (C=O) groups is 2. The van der Waals surface area contributed by atoms with E-state index in [-0.39, 0.29) is 23.7 Å². The molecule has 0 saturated carbocycles. The summed E-state index contributed by atoms with van der Waals surface area (Å²) in [4.78, 5) is 32.3. The van der Waals surface area contributed by atoms with Crippen molar-refractivity contribution in [1.82, 2.24) is 0 Å². The van der Waals surface area contributed by atoms with Crippen LogP contribution in [-0.4, -0.2) is 23.3 Å². The Morgan fingerprint density at radius 3 is 2.35 bits per heavy atom. The van der Waals surface area contributed by atoms with Gasteiger partial charge in [0.2, 0.25) is 5.78 Å². The number of nitrogens with zero attached hydrogens (tertiary/aromatic N) is 1. The van der Waals surface area contributed by atoms with Crippen molar-refractivity contribution in [2.75, 3.05) is 6.61 Å². The predicted octanol–water partition coefficient (Wildman–Crippen LogP) is 1.10. The van der Waals surface area contributed by atoms with Crippen LogP contribution in [0.25, 0.3) is 6.08 Å². The van der Waals surface area contributed by atoms with Gasteiger partial charge in [0, 0.05) is 12.1 Å². The Labute approximate surface area is 95.7 Å². The van der Waals surface area contributed by atoms with E-state index in [1.807, 2.05) is 0 Å². The first-order valence-electron chi connectivity index (χ1n) is 4.74. The van der Waals surface area contributed by atoms with Gasteiger partial charge in [-0.3, -0.25) is 14.9 Å². The maximum Gasteiger partial charge on any atom is 0.342 e. The van der Waals surface area contributed by atoms with E-state index in [2.05, 4.69) is 4.74 Å². The highest BCUT2D eigenvalue weighted by molar-refractivity contribution is 6.24. The zero-order valence-corrected chi connectivity index (χ0v) is 8.58. The molecule has 17 heavy (non-hydrogen) atoms. The van der Waals surface area contributed by atoms with Gasteiger partial charge >= 0.3 is 5.97 Å². The van der Waals surface area contributed by atoms with E-state index >= 15 is 0 Å². The molecule has 1 saturated heterocycles. The Balaban J connectivity index is 2.30. The number of hydrogen-bond donors (Lipinski definition) is 0. The van der Waals surface area contributed by atoms with E-state index < -0.39 is 10.9 Å². The number of cyclic esters (lactones) is 1. The molecule has 1 aliphatic rings. The molecule has 6 nitrogen and oxygen atoms in total. The van der Waals surface area contributed by atoms with Crippen LogP contribution in [0.1, 0.15) is 5.56 Å². The van der Waals surface area contributed by atoms with E-state index in [4.69, 9.17) is 0 Å². The molecule has 1 aliphatic heterocycles. The second-order valence-electron chi connectivity index (χ2n) is 3.41. The van der Waals surface area contributed by atoms with Gasteiger partial charge in [-0.05, 0) is 23.8 Å². The highest BCUT2D eigenvalue weighted by Gasteiger charge is 2.27. The molecule has 1 aromatic rings. The van der Waals surface area contributed by atoms with Crippen molar-refractivity contribution >= 4 is 23.5 Å². The first kappa shape index (κ1) is 11.0. The Kier molecular flexibility index (Phi) is 2.70. The predicted molar refractivity (Wildman–Crippen MR) is 57.0 cm³/mol. The fourth-order valence-corrected chi connectivity index (χ4v) is 1.40. The number of nitro benzene ring substituents is 1. The second-order valence-corrected chi connectivity index (χ2v) is 3.41. The molecule has 0 aromatic heterocycles. The van der Waals surface area contributed by atoms with Gasteiger partial charge in [0.25, 0.3) is 5.69 Å². The molecule has 86 valence electrons. The fourth-order valence-electron chi connectivity index (χ4n) is 1.40. The third-order valence-electron chi connectivity index (χ3n) is 2.27. The number of hydrogen-bond acceptors (Lipinski definition) is 5. The Morgan fingerprint density at radius 1 is 1.24 bits per heavy atom. The number of ether oxygens (including phenoxy) is 1. The molecule has 0 N–H and O–H groups in total. The van der Waals surface area contributed by atoms with Crippen LogP contribution >= 0.6 is 0 Å². The van der Waals surface area contributed by atoms with Crippen molar-refractivity contribution in [3.05, 3.63) is 45.5 Å². The number of esters is 1. The van der Waals surface area contributed by atoms with Gasteiger partial charge in [-0.25, -0.2) is 4.79 Å². The Hall–Kier alpha value is -2.50. The average molecular weight is 233 g/mol. The molecular formula is C11H7NO5. The number of Topliss-reactive ketones (excluding diaryl/α,β-unsaturated/α-hetero) is 1. The largest absolute Gasteiger partial charge is 0.454 e. The van der Waals surface area contributed by atoms with E-state index in [0.29, 0.717) is 5.56 Å². The van der Waals surface area contributed by atoms with Crippen LogP contribution in [0, 0.1) is 10.1 Å². The quantitative estimate of drug-likeness (QED) is 0.251. The number of carbonyl (C=O) groups excluding carboxylic acids is 2. The first-order valence-corrected chi connectivity index (χ1v) is 4.74. The van der Waals surface area contributed by atoms with Crippen LogP contribution in [0.3, 0.4) is 0 Å². The molecule has 0 atom stereocenters. The number of non-ortho nitro benzene ring substituents is 1. The molecule has 0 aliphatic carbocycles. The van der Waals surface area contributed by atoms with Crippen molar-refractivity contribution in [2.45, 2.75) is 0 Å². The van der Waals surface area contributed by atoms with Crippen LogP contribution in [-0.2, 0) is 14.3 Å². The first-order chi connectivity index (χ1) is 8.08. The summed E-state index contributed by atoms with van der Waals surface area (Å²) in [5.74, 6) is -1.04. The smallest absolute Gasteiger partial charge is 0.342 e. The Morgan fingerprint density at radius 2 is 1.88 bits per heavy atom. The summed E-state index contributed by atoms with van der Waals surface area (Å²) in [5.41, 5.74) is 0.462. The molecule has 0 unspecified atom stereocenters. The molecule has 1 aromatic carbocycles. The summed E-state index contributed by atoms with van der Waals surface area (Å²) >= 11 is 0. The lowest BCUT2D eigenvalue weighted by molar-refractivity contribution is -0.384. The van der Waals surface area contributed by atoms with Crippen molar-refractivity contribution in [3.8, 4) is 0 Å². The van der Waals surface area contributed by atoms with Crippen molar-refractivity contribution in [1.29, 1.82) is 0 Å². The summed E-state index contributed by atoms with van der Waals surface area (Å²) in [5, 5.41) is 10.4. The maximum absolute atomic E-state index is 11.2. The fraction of sp³-hybridized carbons (Fsp3) is 0.0909. The minimum absolute atomic E-state index is 0.0288. The van der Waals surface area contributed by atoms with Crippen LogP contribution in [0.15, 0.2) is 29.8 Å². The molecule has 0 radical (unpaired) electrons. The van der Waals surface area contributed by atoms with Gasteiger partial charge in [0.05, 0.1) is 4.92 Å². The average Bonchev–Trinajstić information content (AvgIpc) is 2.61. The standard InChI is InChI=1S/C11H7NO5/c13-10-6-17-11(14)9(10)5-7-1-3-8(4-2-7)12(15)16/h1-5H,6H2/b9-5-. The minimum Gasteiger partial charge on any atom is -0.454 e. The summed E-state index contributed by atoms with van der Waals surface area (Å²) in [7, 11) is 0. The minimum atomic E-state index is -0.659. The monoisotopic (exact) mass is 233 g/mol. The maximum atomic E-state index is 11.2. The van der Waals surface area contributed by atoms with Crippen molar-refractivity contribution < 1.29 is 19.2 Å². The third kappa shape index (κ3) is 2.20. The lowest BCUT2D eigenvalue weighted by Gasteiger charge is -1.94. The zero-order chi connectivity index (χ0) is 12.4. The van der Waals surface area contributed by atoms with E-state index in [1.54, 1.807) is 0 Å². The molecule has 0 spiro atoms. The van der Waals surface area contributed by atoms with E-state index in [9.17, 15) is 19.7 Å². The van der Waals surface area contributed by atoms with Crippen LogP contribution in [0.5, 0.6) is 0 Å². The molecule has 2 rings (SSSR count). The summed E-state index contributed by atoms with van der Waals surface area (Å²) < 4.78 is 4.55. The van der Waals surface area contributed by atoms with Crippen LogP contribution in [0.4, 0.5) is 5.69 Å². The highest BCUT2D eigenvalue weighted by Crippen LogP contribution is 2.17.